The number of methoxy groups -OCH3 is 1. The molecule has 0 unspecified atom stereocenters. The molecule has 9 nitrogen and oxygen atoms in total. The van der Waals surface area contributed by atoms with Crippen LogP contribution in [0.1, 0.15) is 54.8 Å². The number of carbonyl (C=O) groups excluding carboxylic acids is 2. The van der Waals surface area contributed by atoms with E-state index in [1.807, 2.05) is 60.7 Å². The Bertz CT molecular complexity index is 1250. The van der Waals surface area contributed by atoms with E-state index >= 15 is 0 Å². The molecule has 4 N–H and O–H groups in total. The standard InChI is InChI=1S/C30H34N2O7S/c1-37-25-5-2-3-6-27(25)40-19-24-17-26(21-11-9-20(18-33)10-12-21)39-30(38-24)22-13-15-23(16-14-22)31-28(34)7-4-8-29(35)32-36/h2-3,5-6,9-16,24,26,30,33,36H,4,7-8,17-19H2,1H3,(H,31,34)(H,32,35)/t24-,26+,30+/m0/s1. The average molecular weight is 567 g/mol. The molecule has 3 aromatic rings. The first kappa shape index (κ1) is 29.6. The summed E-state index contributed by atoms with van der Waals surface area (Å²) in [6.45, 7) is -0.0173. The van der Waals surface area contributed by atoms with Gasteiger partial charge in [0, 0.05) is 41.2 Å². The van der Waals surface area contributed by atoms with Gasteiger partial charge in [0.05, 0.1) is 25.9 Å². The molecule has 40 heavy (non-hydrogen) atoms. The smallest absolute Gasteiger partial charge is 0.243 e. The third-order valence-electron chi connectivity index (χ3n) is 6.51. The summed E-state index contributed by atoms with van der Waals surface area (Å²) >= 11 is 1.67. The summed E-state index contributed by atoms with van der Waals surface area (Å²) in [7, 11) is 1.66. The Balaban J connectivity index is 1.44. The minimum Gasteiger partial charge on any atom is -0.496 e. The number of rotatable bonds is 12. The maximum Gasteiger partial charge on any atom is 0.243 e. The van der Waals surface area contributed by atoms with E-state index in [1.54, 1.807) is 36.5 Å². The van der Waals surface area contributed by atoms with Gasteiger partial charge in [-0.05, 0) is 41.8 Å². The van der Waals surface area contributed by atoms with Gasteiger partial charge in [0.1, 0.15) is 5.75 Å². The zero-order valence-electron chi connectivity index (χ0n) is 22.2. The number of hydrogen-bond acceptors (Lipinski definition) is 8. The number of ether oxygens (including phenoxy) is 3. The Kier molecular flexibility index (Phi) is 11.0. The average Bonchev–Trinajstić information content (AvgIpc) is 3.00. The van der Waals surface area contributed by atoms with Crippen molar-refractivity contribution in [3.05, 3.63) is 89.5 Å². The number of hydroxylamine groups is 1. The molecule has 0 aliphatic carbocycles. The minimum atomic E-state index is -0.610. The van der Waals surface area contributed by atoms with E-state index in [9.17, 15) is 14.7 Å². The van der Waals surface area contributed by atoms with Crippen LogP contribution in [0.3, 0.4) is 0 Å². The van der Waals surface area contributed by atoms with Crippen molar-refractivity contribution in [1.82, 2.24) is 5.48 Å². The van der Waals surface area contributed by atoms with Crippen molar-refractivity contribution < 1.29 is 34.1 Å². The fourth-order valence-corrected chi connectivity index (χ4v) is 5.40. The Morgan fingerprint density at radius 3 is 2.35 bits per heavy atom. The molecule has 1 heterocycles. The highest BCUT2D eigenvalue weighted by atomic mass is 32.2. The fraction of sp³-hybridized carbons (Fsp3) is 0.333. The lowest BCUT2D eigenvalue weighted by Gasteiger charge is -2.36. The highest BCUT2D eigenvalue weighted by Crippen LogP contribution is 2.40. The minimum absolute atomic E-state index is 0.0173. The highest BCUT2D eigenvalue weighted by Gasteiger charge is 2.32. The molecule has 1 saturated heterocycles. The second kappa shape index (κ2) is 14.8. The van der Waals surface area contributed by atoms with Crippen LogP contribution < -0.4 is 15.5 Å². The van der Waals surface area contributed by atoms with E-state index in [-0.39, 0.29) is 37.6 Å². The molecule has 3 atom stereocenters. The zero-order valence-corrected chi connectivity index (χ0v) is 23.1. The van der Waals surface area contributed by atoms with E-state index in [4.69, 9.17) is 19.4 Å². The molecule has 1 aliphatic heterocycles. The topological polar surface area (TPSA) is 126 Å². The van der Waals surface area contributed by atoms with Gasteiger partial charge in [-0.3, -0.25) is 14.8 Å². The molecule has 3 aromatic carbocycles. The Morgan fingerprint density at radius 1 is 0.950 bits per heavy atom. The third-order valence-corrected chi connectivity index (χ3v) is 7.69. The van der Waals surface area contributed by atoms with E-state index in [0.29, 0.717) is 24.3 Å². The van der Waals surface area contributed by atoms with E-state index in [2.05, 4.69) is 5.32 Å². The summed E-state index contributed by atoms with van der Waals surface area (Å²) in [4.78, 5) is 24.4. The van der Waals surface area contributed by atoms with Gasteiger partial charge in [-0.1, -0.05) is 48.5 Å². The van der Waals surface area contributed by atoms with Crippen LogP contribution in [0.4, 0.5) is 5.69 Å². The van der Waals surface area contributed by atoms with E-state index in [1.165, 1.54) is 0 Å². The van der Waals surface area contributed by atoms with Crippen molar-refractivity contribution >= 4 is 29.3 Å². The summed E-state index contributed by atoms with van der Waals surface area (Å²) in [5, 5.41) is 20.8. The van der Waals surface area contributed by atoms with Gasteiger partial charge in [0.15, 0.2) is 6.29 Å². The number of hydrogen-bond donors (Lipinski definition) is 4. The van der Waals surface area contributed by atoms with Gasteiger partial charge >= 0.3 is 0 Å². The van der Waals surface area contributed by atoms with Gasteiger partial charge in [-0.25, -0.2) is 5.48 Å². The van der Waals surface area contributed by atoms with Crippen molar-refractivity contribution in [2.45, 2.75) is 55.7 Å². The van der Waals surface area contributed by atoms with Crippen LogP contribution in [-0.4, -0.2) is 41.1 Å². The van der Waals surface area contributed by atoms with E-state index in [0.717, 1.165) is 27.3 Å². The normalized spacial score (nSPS) is 18.6. The second-order valence-electron chi connectivity index (χ2n) is 9.37. The lowest BCUT2D eigenvalue weighted by Crippen LogP contribution is -2.31. The number of thioether (sulfide) groups is 1. The molecular formula is C30H34N2O7S. The molecule has 0 bridgehead atoms. The molecular weight excluding hydrogens is 532 g/mol. The molecule has 10 heteroatoms. The quantitative estimate of drug-likeness (QED) is 0.135. The first-order valence-corrected chi connectivity index (χ1v) is 14.1. The zero-order chi connectivity index (χ0) is 28.3. The van der Waals surface area contributed by atoms with Gasteiger partial charge in [-0.15, -0.1) is 11.8 Å². The van der Waals surface area contributed by atoms with Crippen LogP contribution in [-0.2, 0) is 25.7 Å². The van der Waals surface area contributed by atoms with Gasteiger partial charge in [0.25, 0.3) is 0 Å². The van der Waals surface area contributed by atoms with Crippen LogP contribution in [0.15, 0.2) is 77.7 Å². The maximum atomic E-state index is 12.2. The Morgan fingerprint density at radius 2 is 1.65 bits per heavy atom. The van der Waals surface area contributed by atoms with Crippen molar-refractivity contribution in [2.24, 2.45) is 0 Å². The van der Waals surface area contributed by atoms with Crippen LogP contribution in [0.2, 0.25) is 0 Å². The number of carbonyl (C=O) groups is 2. The lowest BCUT2D eigenvalue weighted by molar-refractivity contribution is -0.245. The van der Waals surface area contributed by atoms with Gasteiger partial charge < -0.3 is 24.6 Å². The van der Waals surface area contributed by atoms with Crippen LogP contribution in [0.25, 0.3) is 0 Å². The van der Waals surface area contributed by atoms with Crippen molar-refractivity contribution in [3.63, 3.8) is 0 Å². The molecule has 1 fully saturated rings. The predicted molar refractivity (Wildman–Crippen MR) is 151 cm³/mol. The fourth-order valence-electron chi connectivity index (χ4n) is 4.36. The summed E-state index contributed by atoms with van der Waals surface area (Å²) in [6, 6.07) is 22.9. The van der Waals surface area contributed by atoms with Gasteiger partial charge in [-0.2, -0.15) is 0 Å². The van der Waals surface area contributed by atoms with E-state index < -0.39 is 12.2 Å². The summed E-state index contributed by atoms with van der Waals surface area (Å²) in [5.74, 6) is 0.783. The summed E-state index contributed by atoms with van der Waals surface area (Å²) < 4.78 is 18.3. The largest absolute Gasteiger partial charge is 0.496 e. The first-order chi connectivity index (χ1) is 19.5. The number of amides is 2. The molecule has 0 saturated carbocycles. The number of aliphatic hydroxyl groups excluding tert-OH is 1. The Labute approximate surface area is 237 Å². The first-order valence-electron chi connectivity index (χ1n) is 13.1. The molecule has 212 valence electrons. The maximum absolute atomic E-state index is 12.2. The van der Waals surface area contributed by atoms with Crippen molar-refractivity contribution in [2.75, 3.05) is 18.2 Å². The molecule has 0 aromatic heterocycles. The van der Waals surface area contributed by atoms with Crippen LogP contribution in [0.5, 0.6) is 5.75 Å². The predicted octanol–water partition coefficient (Wildman–Crippen LogP) is 5.14. The molecule has 1 aliphatic rings. The molecule has 4 rings (SSSR count). The lowest BCUT2D eigenvalue weighted by atomic mass is 10.0. The van der Waals surface area contributed by atoms with Crippen LogP contribution in [0, 0.1) is 0 Å². The molecule has 2 amide bonds. The number of benzene rings is 3. The molecule has 0 spiro atoms. The van der Waals surface area contributed by atoms with Crippen molar-refractivity contribution in [3.8, 4) is 5.75 Å². The van der Waals surface area contributed by atoms with Crippen molar-refractivity contribution in [1.29, 1.82) is 0 Å². The molecule has 0 radical (unpaired) electrons. The monoisotopic (exact) mass is 566 g/mol. The number of para-hydroxylation sites is 1. The highest BCUT2D eigenvalue weighted by molar-refractivity contribution is 7.99. The summed E-state index contributed by atoms with van der Waals surface area (Å²) in [6.07, 6.45) is 0.304. The van der Waals surface area contributed by atoms with Gasteiger partial charge in [0.2, 0.25) is 11.8 Å². The number of anilines is 1. The summed E-state index contributed by atoms with van der Waals surface area (Å²) in [5.41, 5.74) is 4.85. The second-order valence-corrected chi connectivity index (χ2v) is 10.4. The van der Waals surface area contributed by atoms with Crippen LogP contribution >= 0.6 is 11.8 Å². The number of nitrogens with one attached hydrogen (secondary N) is 2. The number of aliphatic hydroxyl groups is 1. The SMILES string of the molecule is COc1ccccc1SC[C@@H]1C[C@H](c2ccc(CO)cc2)O[C@H](c2ccc(NC(=O)CCCC(=O)NO)cc2)O1. The third kappa shape index (κ3) is 8.30. The Hall–Kier alpha value is -3.41.